The summed E-state index contributed by atoms with van der Waals surface area (Å²) < 4.78 is 0. The molecule has 1 aromatic rings. The van der Waals surface area contributed by atoms with Gasteiger partial charge in [0.1, 0.15) is 0 Å². The van der Waals surface area contributed by atoms with Crippen molar-refractivity contribution in [1.82, 2.24) is 10.2 Å². The van der Waals surface area contributed by atoms with E-state index in [9.17, 15) is 4.79 Å². The van der Waals surface area contributed by atoms with E-state index < -0.39 is 0 Å². The molecule has 0 aliphatic carbocycles. The molecule has 0 aromatic heterocycles. The number of urea groups is 1. The molecule has 0 saturated carbocycles. The van der Waals surface area contributed by atoms with Gasteiger partial charge >= 0.3 is 6.03 Å². The van der Waals surface area contributed by atoms with Crippen LogP contribution in [0.5, 0.6) is 0 Å². The van der Waals surface area contributed by atoms with Gasteiger partial charge in [-0.1, -0.05) is 25.1 Å². The Balaban J connectivity index is 1.62. The van der Waals surface area contributed by atoms with Crippen molar-refractivity contribution in [3.05, 3.63) is 30.3 Å². The van der Waals surface area contributed by atoms with Crippen molar-refractivity contribution in [2.45, 2.75) is 26.2 Å². The van der Waals surface area contributed by atoms with E-state index in [1.54, 1.807) is 0 Å². The first-order chi connectivity index (χ1) is 10.2. The molecule has 4 heteroatoms. The summed E-state index contributed by atoms with van der Waals surface area (Å²) >= 11 is 0. The quantitative estimate of drug-likeness (QED) is 0.846. The Bertz CT molecular complexity index is 427. The number of likely N-dealkylation sites (tertiary alicyclic amines) is 1. The van der Waals surface area contributed by atoms with Crippen molar-refractivity contribution < 1.29 is 4.79 Å². The van der Waals surface area contributed by atoms with Crippen molar-refractivity contribution in [1.29, 1.82) is 0 Å². The van der Waals surface area contributed by atoms with Gasteiger partial charge in [-0.05, 0) is 37.3 Å². The molecule has 1 N–H and O–H groups in total. The van der Waals surface area contributed by atoms with E-state index in [2.05, 4.69) is 36.3 Å². The number of rotatable bonds is 5. The monoisotopic (exact) mass is 289 g/mol. The highest BCUT2D eigenvalue weighted by Gasteiger charge is 2.19. The number of nitrogens with zero attached hydrogens (tertiary/aromatic N) is 2. The highest BCUT2D eigenvalue weighted by Crippen LogP contribution is 2.15. The van der Waals surface area contributed by atoms with Crippen LogP contribution in [0.15, 0.2) is 30.3 Å². The summed E-state index contributed by atoms with van der Waals surface area (Å²) in [7, 11) is 2.09. The van der Waals surface area contributed by atoms with E-state index in [1.165, 1.54) is 5.69 Å². The van der Waals surface area contributed by atoms with Crippen LogP contribution in [0.3, 0.4) is 0 Å². The molecular weight excluding hydrogens is 262 g/mol. The van der Waals surface area contributed by atoms with Crippen molar-refractivity contribution >= 4 is 11.7 Å². The Morgan fingerprint density at radius 1 is 1.29 bits per heavy atom. The maximum atomic E-state index is 12.0. The topological polar surface area (TPSA) is 35.6 Å². The molecule has 21 heavy (non-hydrogen) atoms. The van der Waals surface area contributed by atoms with Crippen LogP contribution in [0.1, 0.15) is 26.2 Å². The Morgan fingerprint density at radius 3 is 2.62 bits per heavy atom. The maximum Gasteiger partial charge on any atom is 0.317 e. The molecule has 4 nitrogen and oxygen atoms in total. The van der Waals surface area contributed by atoms with Crippen LogP contribution in [0, 0.1) is 5.92 Å². The summed E-state index contributed by atoms with van der Waals surface area (Å²) in [6, 6.07) is 10.4. The van der Waals surface area contributed by atoms with E-state index in [4.69, 9.17) is 0 Å². The number of piperidine rings is 1. The predicted octanol–water partition coefficient (Wildman–Crippen LogP) is 2.95. The zero-order valence-corrected chi connectivity index (χ0v) is 13.2. The fourth-order valence-corrected chi connectivity index (χ4v) is 2.65. The highest BCUT2D eigenvalue weighted by atomic mass is 16.2. The van der Waals surface area contributed by atoms with Crippen LogP contribution < -0.4 is 10.2 Å². The second-order valence-electron chi connectivity index (χ2n) is 6.01. The lowest BCUT2D eigenvalue weighted by atomic mass is 10.00. The van der Waals surface area contributed by atoms with E-state index >= 15 is 0 Å². The predicted molar refractivity (Wildman–Crippen MR) is 87.7 cm³/mol. The lowest BCUT2D eigenvalue weighted by Gasteiger charge is -2.30. The second kappa shape index (κ2) is 7.91. The fraction of sp³-hybridized carbons (Fsp3) is 0.588. The molecule has 1 aliphatic rings. The van der Waals surface area contributed by atoms with Gasteiger partial charge in [0, 0.05) is 38.9 Å². The molecule has 0 radical (unpaired) electrons. The minimum absolute atomic E-state index is 0.101. The third kappa shape index (κ3) is 4.96. The van der Waals surface area contributed by atoms with Gasteiger partial charge in [0.05, 0.1) is 0 Å². The molecule has 0 unspecified atom stereocenters. The molecule has 2 amide bonds. The average Bonchev–Trinajstić information content (AvgIpc) is 2.52. The van der Waals surface area contributed by atoms with Crippen LogP contribution in [-0.4, -0.2) is 44.2 Å². The van der Waals surface area contributed by atoms with Crippen molar-refractivity contribution in [3.63, 3.8) is 0 Å². The molecule has 116 valence electrons. The number of nitrogens with one attached hydrogen (secondary N) is 1. The molecule has 1 aliphatic heterocycles. The zero-order valence-electron chi connectivity index (χ0n) is 13.2. The fourth-order valence-electron chi connectivity index (χ4n) is 2.65. The van der Waals surface area contributed by atoms with Crippen molar-refractivity contribution in [2.75, 3.05) is 38.1 Å². The minimum Gasteiger partial charge on any atom is -0.375 e. The number of anilines is 1. The van der Waals surface area contributed by atoms with Gasteiger partial charge in [-0.2, -0.15) is 0 Å². The molecule has 0 spiro atoms. The number of carbonyl (C=O) groups is 1. The molecule has 1 aromatic carbocycles. The van der Waals surface area contributed by atoms with Gasteiger partial charge in [0.25, 0.3) is 0 Å². The van der Waals surface area contributed by atoms with Gasteiger partial charge in [0.2, 0.25) is 0 Å². The normalized spacial score (nSPS) is 15.8. The average molecular weight is 289 g/mol. The largest absolute Gasteiger partial charge is 0.375 e. The minimum atomic E-state index is 0.101. The summed E-state index contributed by atoms with van der Waals surface area (Å²) in [5.74, 6) is 0.758. The summed E-state index contributed by atoms with van der Waals surface area (Å²) in [6.45, 7) is 5.74. The van der Waals surface area contributed by atoms with Crippen LogP contribution >= 0.6 is 0 Å². The number of amides is 2. The first-order valence-electron chi connectivity index (χ1n) is 7.96. The lowest BCUT2D eigenvalue weighted by molar-refractivity contribution is 0.174. The first-order valence-corrected chi connectivity index (χ1v) is 7.96. The summed E-state index contributed by atoms with van der Waals surface area (Å²) in [5.41, 5.74) is 1.22. The molecule has 1 saturated heterocycles. The number of carbonyl (C=O) groups excluding carboxylic acids is 1. The van der Waals surface area contributed by atoms with Crippen LogP contribution in [0.25, 0.3) is 0 Å². The smallest absolute Gasteiger partial charge is 0.317 e. The number of hydrogen-bond acceptors (Lipinski definition) is 2. The Kier molecular flexibility index (Phi) is 5.90. The molecule has 0 atom stereocenters. The van der Waals surface area contributed by atoms with Gasteiger partial charge in [0.15, 0.2) is 0 Å². The Labute approximate surface area is 128 Å². The Hall–Kier alpha value is -1.71. The molecule has 1 fully saturated rings. The number of benzene rings is 1. The van der Waals surface area contributed by atoms with Crippen LogP contribution in [-0.2, 0) is 0 Å². The van der Waals surface area contributed by atoms with Gasteiger partial charge in [-0.25, -0.2) is 4.79 Å². The molecule has 1 heterocycles. The lowest BCUT2D eigenvalue weighted by Crippen LogP contribution is -2.44. The van der Waals surface area contributed by atoms with Crippen LogP contribution in [0.4, 0.5) is 10.5 Å². The Morgan fingerprint density at radius 2 is 1.95 bits per heavy atom. The summed E-state index contributed by atoms with van der Waals surface area (Å²) in [4.78, 5) is 16.2. The molecular formula is C17H27N3O. The zero-order chi connectivity index (χ0) is 15.1. The van der Waals surface area contributed by atoms with Gasteiger partial charge in [-0.15, -0.1) is 0 Å². The van der Waals surface area contributed by atoms with Gasteiger partial charge < -0.3 is 15.1 Å². The van der Waals surface area contributed by atoms with Gasteiger partial charge in [-0.3, -0.25) is 0 Å². The SMILES string of the molecule is CC1CCN(C(=O)NCCCN(C)c2ccccc2)CC1. The van der Waals surface area contributed by atoms with E-state index in [0.717, 1.165) is 51.4 Å². The number of hydrogen-bond donors (Lipinski definition) is 1. The van der Waals surface area contributed by atoms with Crippen molar-refractivity contribution in [3.8, 4) is 0 Å². The van der Waals surface area contributed by atoms with E-state index in [0.29, 0.717) is 0 Å². The van der Waals surface area contributed by atoms with Crippen molar-refractivity contribution in [2.24, 2.45) is 5.92 Å². The third-order valence-corrected chi connectivity index (χ3v) is 4.21. The van der Waals surface area contributed by atoms with E-state index in [-0.39, 0.29) is 6.03 Å². The van der Waals surface area contributed by atoms with E-state index in [1.807, 2.05) is 23.1 Å². The highest BCUT2D eigenvalue weighted by molar-refractivity contribution is 5.74. The standard InChI is InChI=1S/C17H27N3O/c1-15-9-13-20(14-10-15)17(21)18-11-6-12-19(2)16-7-4-3-5-8-16/h3-5,7-8,15H,6,9-14H2,1-2H3,(H,18,21). The molecule has 0 bridgehead atoms. The number of para-hydroxylation sites is 1. The first kappa shape index (κ1) is 15.7. The van der Waals surface area contributed by atoms with Crippen LogP contribution in [0.2, 0.25) is 0 Å². The summed E-state index contributed by atoms with van der Waals surface area (Å²) in [5, 5.41) is 3.03. The second-order valence-corrected chi connectivity index (χ2v) is 6.01. The third-order valence-electron chi connectivity index (χ3n) is 4.21. The summed E-state index contributed by atoms with van der Waals surface area (Å²) in [6.07, 6.45) is 3.22. The maximum absolute atomic E-state index is 12.0. The molecule has 2 rings (SSSR count).